The standard InChI is InChI=1S/C16H15F3N2O3S/c1-25(23,24)10-11-5-4-6-12(9-11)20-15(22)21-14-8-3-2-7-13(14)16(17,18)19/h2-9H,10H2,1H3,(H2,20,21,22). The van der Waals surface area contributed by atoms with Gasteiger partial charge < -0.3 is 10.6 Å². The van der Waals surface area contributed by atoms with E-state index in [-0.39, 0.29) is 17.1 Å². The summed E-state index contributed by atoms with van der Waals surface area (Å²) < 4.78 is 61.3. The Morgan fingerprint density at radius 1 is 1.04 bits per heavy atom. The summed E-state index contributed by atoms with van der Waals surface area (Å²) in [5.41, 5.74) is -0.616. The highest BCUT2D eigenvalue weighted by Gasteiger charge is 2.33. The first kappa shape index (κ1) is 18.8. The minimum atomic E-state index is -4.60. The number of rotatable bonds is 4. The van der Waals surface area contributed by atoms with Crippen molar-refractivity contribution >= 4 is 27.2 Å². The number of anilines is 2. The first-order valence-corrected chi connectivity index (χ1v) is 9.11. The number of carbonyl (C=O) groups is 1. The van der Waals surface area contributed by atoms with Crippen molar-refractivity contribution in [3.05, 3.63) is 59.7 Å². The van der Waals surface area contributed by atoms with Crippen molar-refractivity contribution in [2.75, 3.05) is 16.9 Å². The Morgan fingerprint density at radius 3 is 2.36 bits per heavy atom. The van der Waals surface area contributed by atoms with Crippen LogP contribution in [0.25, 0.3) is 0 Å². The second-order valence-electron chi connectivity index (χ2n) is 5.39. The SMILES string of the molecule is CS(=O)(=O)Cc1cccc(NC(=O)Nc2ccccc2C(F)(F)F)c1. The van der Waals surface area contributed by atoms with Crippen LogP contribution in [0.4, 0.5) is 29.3 Å². The first-order chi connectivity index (χ1) is 11.5. The van der Waals surface area contributed by atoms with Gasteiger partial charge in [0, 0.05) is 11.9 Å². The number of amides is 2. The minimum Gasteiger partial charge on any atom is -0.308 e. The van der Waals surface area contributed by atoms with Crippen molar-refractivity contribution in [1.29, 1.82) is 0 Å². The lowest BCUT2D eigenvalue weighted by molar-refractivity contribution is -0.136. The first-order valence-electron chi connectivity index (χ1n) is 7.05. The molecule has 0 unspecified atom stereocenters. The van der Waals surface area contributed by atoms with Crippen molar-refractivity contribution in [1.82, 2.24) is 0 Å². The van der Waals surface area contributed by atoms with E-state index in [0.717, 1.165) is 18.4 Å². The molecule has 9 heteroatoms. The van der Waals surface area contributed by atoms with Crippen LogP contribution in [0.5, 0.6) is 0 Å². The van der Waals surface area contributed by atoms with Crippen LogP contribution in [0.3, 0.4) is 0 Å². The molecule has 2 N–H and O–H groups in total. The third-order valence-electron chi connectivity index (χ3n) is 3.09. The highest BCUT2D eigenvalue weighted by molar-refractivity contribution is 7.89. The molecule has 2 aromatic carbocycles. The fourth-order valence-electron chi connectivity index (χ4n) is 2.17. The largest absolute Gasteiger partial charge is 0.418 e. The molecule has 0 aliphatic carbocycles. The van der Waals surface area contributed by atoms with Gasteiger partial charge in [-0.2, -0.15) is 13.2 Å². The number of carbonyl (C=O) groups excluding carboxylic acids is 1. The van der Waals surface area contributed by atoms with Crippen LogP contribution < -0.4 is 10.6 Å². The lowest BCUT2D eigenvalue weighted by Gasteiger charge is -2.14. The number of nitrogens with one attached hydrogen (secondary N) is 2. The molecule has 2 rings (SSSR count). The van der Waals surface area contributed by atoms with E-state index in [9.17, 15) is 26.4 Å². The van der Waals surface area contributed by atoms with E-state index in [1.54, 1.807) is 12.1 Å². The lowest BCUT2D eigenvalue weighted by Crippen LogP contribution is -2.22. The predicted octanol–water partition coefficient (Wildman–Crippen LogP) is 3.89. The zero-order chi connectivity index (χ0) is 18.7. The van der Waals surface area contributed by atoms with Gasteiger partial charge in [-0.25, -0.2) is 13.2 Å². The molecular formula is C16H15F3N2O3S. The van der Waals surface area contributed by atoms with Gasteiger partial charge >= 0.3 is 12.2 Å². The topological polar surface area (TPSA) is 75.3 Å². The smallest absolute Gasteiger partial charge is 0.308 e. The molecule has 2 amide bonds. The molecule has 0 bridgehead atoms. The van der Waals surface area contributed by atoms with E-state index in [0.29, 0.717) is 5.56 Å². The third kappa shape index (κ3) is 5.79. The number of benzene rings is 2. The zero-order valence-electron chi connectivity index (χ0n) is 13.1. The van der Waals surface area contributed by atoms with Crippen molar-refractivity contribution in [3.63, 3.8) is 0 Å². The Bertz CT molecular complexity index is 880. The minimum absolute atomic E-state index is 0.207. The Kier molecular flexibility index (Phi) is 5.36. The quantitative estimate of drug-likeness (QED) is 0.855. The predicted molar refractivity (Wildman–Crippen MR) is 89.1 cm³/mol. The summed E-state index contributed by atoms with van der Waals surface area (Å²) in [6.07, 6.45) is -3.52. The summed E-state index contributed by atoms with van der Waals surface area (Å²) in [5.74, 6) is -0.207. The van der Waals surface area contributed by atoms with Gasteiger partial charge in [0.05, 0.1) is 17.0 Å². The summed E-state index contributed by atoms with van der Waals surface area (Å²) >= 11 is 0. The molecule has 5 nitrogen and oxygen atoms in total. The van der Waals surface area contributed by atoms with Crippen LogP contribution in [0.1, 0.15) is 11.1 Å². The molecule has 25 heavy (non-hydrogen) atoms. The van der Waals surface area contributed by atoms with Gasteiger partial charge in [-0.05, 0) is 29.8 Å². The van der Waals surface area contributed by atoms with Gasteiger partial charge in [-0.15, -0.1) is 0 Å². The fraction of sp³-hybridized carbons (Fsp3) is 0.188. The van der Waals surface area contributed by atoms with Crippen LogP contribution in [-0.4, -0.2) is 20.7 Å². The summed E-state index contributed by atoms with van der Waals surface area (Å²) in [5, 5.41) is 4.53. The highest BCUT2D eigenvalue weighted by atomic mass is 32.2. The normalized spacial score (nSPS) is 11.8. The molecular weight excluding hydrogens is 357 g/mol. The lowest BCUT2D eigenvalue weighted by atomic mass is 10.1. The monoisotopic (exact) mass is 372 g/mol. The molecule has 0 heterocycles. The van der Waals surface area contributed by atoms with Crippen LogP contribution in [0.15, 0.2) is 48.5 Å². The number of hydrogen-bond acceptors (Lipinski definition) is 3. The number of urea groups is 1. The second-order valence-corrected chi connectivity index (χ2v) is 7.53. The maximum absolute atomic E-state index is 12.9. The molecule has 0 saturated carbocycles. The number of hydrogen-bond donors (Lipinski definition) is 2. The van der Waals surface area contributed by atoms with Crippen molar-refractivity contribution in [2.45, 2.75) is 11.9 Å². The van der Waals surface area contributed by atoms with Crippen molar-refractivity contribution in [2.24, 2.45) is 0 Å². The van der Waals surface area contributed by atoms with Crippen LogP contribution in [-0.2, 0) is 21.8 Å². The molecule has 2 aromatic rings. The maximum atomic E-state index is 12.9. The number of alkyl halides is 3. The van der Waals surface area contributed by atoms with Gasteiger partial charge in [0.25, 0.3) is 0 Å². The molecule has 0 aliphatic rings. The fourth-order valence-corrected chi connectivity index (χ4v) is 2.95. The van der Waals surface area contributed by atoms with Crippen molar-refractivity contribution < 1.29 is 26.4 Å². The van der Waals surface area contributed by atoms with Crippen LogP contribution in [0, 0.1) is 0 Å². The van der Waals surface area contributed by atoms with Crippen LogP contribution >= 0.6 is 0 Å². The van der Waals surface area contributed by atoms with Gasteiger partial charge in [-0.3, -0.25) is 0 Å². The summed E-state index contributed by atoms with van der Waals surface area (Å²) in [6.45, 7) is 0. The highest BCUT2D eigenvalue weighted by Crippen LogP contribution is 2.34. The zero-order valence-corrected chi connectivity index (χ0v) is 13.9. The second kappa shape index (κ2) is 7.14. The Labute approximate surface area is 142 Å². The molecule has 0 aromatic heterocycles. The Balaban J connectivity index is 2.13. The molecule has 0 saturated heterocycles. The van der Waals surface area contributed by atoms with E-state index in [1.165, 1.54) is 24.3 Å². The molecule has 0 fully saturated rings. The van der Waals surface area contributed by atoms with E-state index in [4.69, 9.17) is 0 Å². The van der Waals surface area contributed by atoms with Gasteiger partial charge in [0.1, 0.15) is 0 Å². The van der Waals surface area contributed by atoms with E-state index in [1.807, 2.05) is 0 Å². The average molecular weight is 372 g/mol. The average Bonchev–Trinajstić information content (AvgIpc) is 2.45. The molecule has 0 aliphatic heterocycles. The van der Waals surface area contributed by atoms with Crippen molar-refractivity contribution in [3.8, 4) is 0 Å². The Hall–Kier alpha value is -2.55. The number of halogens is 3. The van der Waals surface area contributed by atoms with Gasteiger partial charge in [0.2, 0.25) is 0 Å². The number of para-hydroxylation sites is 1. The summed E-state index contributed by atoms with van der Waals surface area (Å²) in [4.78, 5) is 11.9. The number of sulfone groups is 1. The van der Waals surface area contributed by atoms with E-state index >= 15 is 0 Å². The molecule has 0 atom stereocenters. The molecule has 134 valence electrons. The molecule has 0 spiro atoms. The van der Waals surface area contributed by atoms with Gasteiger partial charge in [0.15, 0.2) is 9.84 Å². The maximum Gasteiger partial charge on any atom is 0.418 e. The van der Waals surface area contributed by atoms with Gasteiger partial charge in [-0.1, -0.05) is 24.3 Å². The van der Waals surface area contributed by atoms with Crippen LogP contribution in [0.2, 0.25) is 0 Å². The summed E-state index contributed by atoms with van der Waals surface area (Å²) in [7, 11) is -3.25. The molecule has 0 radical (unpaired) electrons. The van der Waals surface area contributed by atoms with E-state index in [2.05, 4.69) is 10.6 Å². The summed E-state index contributed by atoms with van der Waals surface area (Å²) in [6, 6.07) is 9.79. The third-order valence-corrected chi connectivity index (χ3v) is 3.95. The van der Waals surface area contributed by atoms with E-state index < -0.39 is 27.6 Å². The Morgan fingerprint density at radius 2 is 1.72 bits per heavy atom.